The third-order valence-electron chi connectivity index (χ3n) is 2.48. The third kappa shape index (κ3) is 3.36. The van der Waals surface area contributed by atoms with Crippen molar-refractivity contribution in [2.45, 2.75) is 19.4 Å². The van der Waals surface area contributed by atoms with E-state index in [2.05, 4.69) is 0 Å². The van der Waals surface area contributed by atoms with Crippen molar-refractivity contribution >= 4 is 5.91 Å². The van der Waals surface area contributed by atoms with E-state index in [0.717, 1.165) is 0 Å². The Kier molecular flexibility index (Phi) is 4.35. The Hall–Kier alpha value is -2.26. The summed E-state index contributed by atoms with van der Waals surface area (Å²) in [6.07, 6.45) is 0. The van der Waals surface area contributed by atoms with E-state index in [1.54, 1.807) is 12.1 Å². The van der Waals surface area contributed by atoms with E-state index >= 15 is 0 Å². The average molecular weight is 264 g/mol. The molecule has 0 aromatic heterocycles. The highest BCUT2D eigenvalue weighted by atomic mass is 16.5. The number of nitriles is 1. The molecule has 0 fully saturated rings. The molecule has 0 aliphatic heterocycles. The molecular formula is C13H16N2O4. The number of hydrogen-bond acceptors (Lipinski definition) is 5. The summed E-state index contributed by atoms with van der Waals surface area (Å²) in [6.45, 7) is 3.01. The van der Waals surface area contributed by atoms with Gasteiger partial charge in [0.25, 0.3) is 5.91 Å². The molecule has 0 radical (unpaired) electrons. The van der Waals surface area contributed by atoms with Crippen LogP contribution in [0.15, 0.2) is 18.2 Å². The number of methoxy groups -OCH3 is 1. The van der Waals surface area contributed by atoms with Crippen LogP contribution in [0.3, 0.4) is 0 Å². The Morgan fingerprint density at radius 3 is 2.58 bits per heavy atom. The molecular weight excluding hydrogens is 248 g/mol. The molecule has 0 unspecified atom stereocenters. The van der Waals surface area contributed by atoms with Gasteiger partial charge < -0.3 is 9.47 Å². The van der Waals surface area contributed by atoms with Gasteiger partial charge in [0, 0.05) is 13.1 Å². The molecule has 0 spiro atoms. The van der Waals surface area contributed by atoms with Gasteiger partial charge in [0.1, 0.15) is 17.6 Å². The van der Waals surface area contributed by atoms with E-state index in [-0.39, 0.29) is 11.3 Å². The molecule has 0 saturated heterocycles. The Balaban J connectivity index is 3.06. The van der Waals surface area contributed by atoms with Gasteiger partial charge in [-0.25, -0.2) is 5.06 Å². The standard InChI is InChI=1S/C13H16N2O4/c1-13(2,12(16)15(3)17)19-11-6-5-10(18-4)7-9(11)8-14/h5-7,17H,1-4H3. The second-order valence-corrected chi connectivity index (χ2v) is 4.42. The molecule has 0 bridgehead atoms. The maximum atomic E-state index is 11.7. The predicted octanol–water partition coefficient (Wildman–Crippen LogP) is 1.57. The summed E-state index contributed by atoms with van der Waals surface area (Å²) in [6, 6.07) is 6.65. The van der Waals surface area contributed by atoms with Crippen LogP contribution in [0.5, 0.6) is 11.5 Å². The fourth-order valence-electron chi connectivity index (χ4n) is 1.52. The predicted molar refractivity (Wildman–Crippen MR) is 67.0 cm³/mol. The average Bonchev–Trinajstić information content (AvgIpc) is 2.37. The van der Waals surface area contributed by atoms with Crippen molar-refractivity contribution < 1.29 is 19.5 Å². The highest BCUT2D eigenvalue weighted by Crippen LogP contribution is 2.27. The molecule has 1 rings (SSSR count). The number of rotatable bonds is 4. The van der Waals surface area contributed by atoms with Crippen LogP contribution in [0.25, 0.3) is 0 Å². The summed E-state index contributed by atoms with van der Waals surface area (Å²) in [5, 5.41) is 18.7. The molecule has 0 heterocycles. The second kappa shape index (κ2) is 5.59. The van der Waals surface area contributed by atoms with E-state index in [0.29, 0.717) is 10.8 Å². The molecule has 6 heteroatoms. The van der Waals surface area contributed by atoms with Crippen molar-refractivity contribution in [1.82, 2.24) is 5.06 Å². The van der Waals surface area contributed by atoms with Gasteiger partial charge in [-0.1, -0.05) is 0 Å². The van der Waals surface area contributed by atoms with Gasteiger partial charge >= 0.3 is 0 Å². The first-order chi connectivity index (χ1) is 8.81. The summed E-state index contributed by atoms with van der Waals surface area (Å²) in [4.78, 5) is 11.7. The molecule has 1 N–H and O–H groups in total. The third-order valence-corrected chi connectivity index (χ3v) is 2.48. The number of carbonyl (C=O) groups excluding carboxylic acids is 1. The molecule has 102 valence electrons. The number of likely N-dealkylation sites (N-methyl/N-ethyl adjacent to an activating group) is 1. The lowest BCUT2D eigenvalue weighted by Gasteiger charge is -2.27. The minimum absolute atomic E-state index is 0.251. The molecule has 19 heavy (non-hydrogen) atoms. The van der Waals surface area contributed by atoms with Crippen molar-refractivity contribution in [3.05, 3.63) is 23.8 Å². The van der Waals surface area contributed by atoms with Crippen molar-refractivity contribution in [1.29, 1.82) is 5.26 Å². The van der Waals surface area contributed by atoms with E-state index in [1.165, 1.54) is 34.1 Å². The molecule has 6 nitrogen and oxygen atoms in total. The molecule has 1 amide bonds. The van der Waals surface area contributed by atoms with Crippen molar-refractivity contribution in [2.75, 3.05) is 14.2 Å². The maximum absolute atomic E-state index is 11.7. The Morgan fingerprint density at radius 2 is 2.11 bits per heavy atom. The van der Waals surface area contributed by atoms with Crippen LogP contribution in [0.4, 0.5) is 0 Å². The Bertz CT molecular complexity index is 518. The van der Waals surface area contributed by atoms with E-state index < -0.39 is 11.5 Å². The summed E-state index contributed by atoms with van der Waals surface area (Å²) in [5.41, 5.74) is -1.04. The first-order valence-electron chi connectivity index (χ1n) is 5.56. The second-order valence-electron chi connectivity index (χ2n) is 4.42. The zero-order chi connectivity index (χ0) is 14.6. The largest absolute Gasteiger partial charge is 0.497 e. The van der Waals surface area contributed by atoms with Crippen LogP contribution >= 0.6 is 0 Å². The monoisotopic (exact) mass is 264 g/mol. The zero-order valence-corrected chi connectivity index (χ0v) is 11.3. The van der Waals surface area contributed by atoms with Gasteiger partial charge in [0.05, 0.1) is 12.7 Å². The molecule has 1 aromatic carbocycles. The van der Waals surface area contributed by atoms with Gasteiger partial charge in [-0.05, 0) is 26.0 Å². The van der Waals surface area contributed by atoms with E-state index in [1.807, 2.05) is 6.07 Å². The first kappa shape index (κ1) is 14.8. The molecule has 0 atom stereocenters. The number of nitrogens with zero attached hydrogens (tertiary/aromatic N) is 2. The van der Waals surface area contributed by atoms with E-state index in [9.17, 15) is 4.79 Å². The normalized spacial score (nSPS) is 10.5. The molecule has 0 aliphatic carbocycles. The van der Waals surface area contributed by atoms with Crippen molar-refractivity contribution in [2.24, 2.45) is 0 Å². The van der Waals surface area contributed by atoms with Gasteiger partial charge in [0.2, 0.25) is 0 Å². The molecule has 0 saturated carbocycles. The minimum atomic E-state index is -1.29. The summed E-state index contributed by atoms with van der Waals surface area (Å²) >= 11 is 0. The smallest absolute Gasteiger partial charge is 0.289 e. The van der Waals surface area contributed by atoms with Crippen molar-refractivity contribution in [3.63, 3.8) is 0 Å². The number of ether oxygens (including phenoxy) is 2. The fourth-order valence-corrected chi connectivity index (χ4v) is 1.52. The van der Waals surface area contributed by atoms with Crippen LogP contribution < -0.4 is 9.47 Å². The fraction of sp³-hybridized carbons (Fsp3) is 0.385. The summed E-state index contributed by atoms with van der Waals surface area (Å²) < 4.78 is 10.5. The highest BCUT2D eigenvalue weighted by Gasteiger charge is 2.33. The van der Waals surface area contributed by atoms with Crippen LogP contribution in [-0.4, -0.2) is 35.9 Å². The minimum Gasteiger partial charge on any atom is -0.497 e. The van der Waals surface area contributed by atoms with Crippen LogP contribution in [0.1, 0.15) is 19.4 Å². The number of carbonyl (C=O) groups is 1. The summed E-state index contributed by atoms with van der Waals surface area (Å²) in [5.74, 6) is 0.156. The Morgan fingerprint density at radius 1 is 1.47 bits per heavy atom. The summed E-state index contributed by atoms with van der Waals surface area (Å²) in [7, 11) is 2.71. The first-order valence-corrected chi connectivity index (χ1v) is 5.56. The van der Waals surface area contributed by atoms with Gasteiger partial charge in [0.15, 0.2) is 5.60 Å². The number of hydrogen-bond donors (Lipinski definition) is 1. The number of amides is 1. The maximum Gasteiger partial charge on any atom is 0.289 e. The van der Waals surface area contributed by atoms with Crippen LogP contribution in [0, 0.1) is 11.3 Å². The SMILES string of the molecule is COc1ccc(OC(C)(C)C(=O)N(C)O)c(C#N)c1. The quantitative estimate of drug-likeness (QED) is 0.659. The zero-order valence-electron chi connectivity index (χ0n) is 11.3. The Labute approximate surface area is 111 Å². The topological polar surface area (TPSA) is 82.8 Å². The highest BCUT2D eigenvalue weighted by molar-refractivity contribution is 5.83. The lowest BCUT2D eigenvalue weighted by molar-refractivity contribution is -0.174. The van der Waals surface area contributed by atoms with Gasteiger partial charge in [-0.2, -0.15) is 5.26 Å². The lowest BCUT2D eigenvalue weighted by Crippen LogP contribution is -2.46. The molecule has 0 aliphatic rings. The van der Waals surface area contributed by atoms with Gasteiger partial charge in [-0.15, -0.1) is 0 Å². The van der Waals surface area contributed by atoms with Crippen molar-refractivity contribution in [3.8, 4) is 17.6 Å². The molecule has 1 aromatic rings. The van der Waals surface area contributed by atoms with Gasteiger partial charge in [-0.3, -0.25) is 10.0 Å². The van der Waals surface area contributed by atoms with Crippen LogP contribution in [0.2, 0.25) is 0 Å². The number of benzene rings is 1. The van der Waals surface area contributed by atoms with Crippen LogP contribution in [-0.2, 0) is 4.79 Å². The van der Waals surface area contributed by atoms with E-state index in [4.69, 9.17) is 19.9 Å². The lowest BCUT2D eigenvalue weighted by atomic mass is 10.1. The number of hydroxylamine groups is 2.